The smallest absolute Gasteiger partial charge is 0.322 e. The van der Waals surface area contributed by atoms with Gasteiger partial charge in [0.2, 0.25) is 0 Å². The van der Waals surface area contributed by atoms with Crippen LogP contribution in [0.15, 0.2) is 67.1 Å². The molecule has 5 nitrogen and oxygen atoms in total. The van der Waals surface area contributed by atoms with Crippen molar-refractivity contribution in [1.82, 2.24) is 14.5 Å². The van der Waals surface area contributed by atoms with Crippen LogP contribution in [0.1, 0.15) is 17.3 Å². The van der Waals surface area contributed by atoms with Crippen molar-refractivity contribution in [2.45, 2.75) is 12.6 Å². The minimum atomic E-state index is -0.162. The van der Waals surface area contributed by atoms with E-state index < -0.39 is 0 Å². The van der Waals surface area contributed by atoms with E-state index in [4.69, 9.17) is 11.6 Å². The second-order valence-electron chi connectivity index (χ2n) is 5.95. The summed E-state index contributed by atoms with van der Waals surface area (Å²) in [6.45, 7) is 1.40. The number of carbonyl (C=O) groups is 1. The van der Waals surface area contributed by atoms with Crippen LogP contribution in [0.3, 0.4) is 0 Å². The molecule has 1 aliphatic rings. The molecule has 126 valence electrons. The Bertz CT molecular complexity index is 876. The molecule has 0 fully saturated rings. The Morgan fingerprint density at radius 2 is 1.96 bits per heavy atom. The van der Waals surface area contributed by atoms with Crippen LogP contribution >= 0.6 is 11.6 Å². The van der Waals surface area contributed by atoms with Gasteiger partial charge in [0, 0.05) is 48.1 Å². The fraction of sp³-hybridized carbons (Fsp3) is 0.158. The molecule has 3 heterocycles. The molecule has 1 unspecified atom stereocenters. The zero-order chi connectivity index (χ0) is 17.2. The number of urea groups is 1. The van der Waals surface area contributed by atoms with E-state index in [1.54, 1.807) is 30.5 Å². The first kappa shape index (κ1) is 15.7. The number of hydrogen-bond donors (Lipinski definition) is 1. The lowest BCUT2D eigenvalue weighted by atomic mass is 10.0. The molecule has 0 radical (unpaired) electrons. The van der Waals surface area contributed by atoms with Gasteiger partial charge in [-0.1, -0.05) is 17.7 Å². The Morgan fingerprint density at radius 3 is 2.72 bits per heavy atom. The third-order valence-corrected chi connectivity index (χ3v) is 4.65. The van der Waals surface area contributed by atoms with Crippen molar-refractivity contribution < 1.29 is 4.79 Å². The zero-order valence-corrected chi connectivity index (χ0v) is 14.2. The third-order valence-electron chi connectivity index (χ3n) is 4.39. The molecule has 6 heteroatoms. The molecule has 0 bridgehead atoms. The van der Waals surface area contributed by atoms with Crippen LogP contribution in [-0.4, -0.2) is 27.0 Å². The number of fused-ring (bicyclic) bond motifs is 1. The van der Waals surface area contributed by atoms with E-state index in [9.17, 15) is 4.79 Å². The maximum Gasteiger partial charge on any atom is 0.322 e. The number of anilines is 1. The lowest BCUT2D eigenvalue weighted by Crippen LogP contribution is -2.44. The molecular formula is C19H17ClN4O. The van der Waals surface area contributed by atoms with Gasteiger partial charge in [0.05, 0.1) is 0 Å². The predicted octanol–water partition coefficient (Wildman–Crippen LogP) is 4.17. The summed E-state index contributed by atoms with van der Waals surface area (Å²) < 4.78 is 2.18. The number of amides is 2. The first-order valence-corrected chi connectivity index (χ1v) is 8.48. The normalized spacial score (nSPS) is 16.4. The third kappa shape index (κ3) is 3.10. The van der Waals surface area contributed by atoms with Crippen molar-refractivity contribution >= 4 is 23.3 Å². The fourth-order valence-electron chi connectivity index (χ4n) is 3.22. The summed E-state index contributed by atoms with van der Waals surface area (Å²) in [6.07, 6.45) is 5.60. The van der Waals surface area contributed by atoms with Crippen LogP contribution < -0.4 is 5.32 Å². The number of hydrogen-bond acceptors (Lipinski definition) is 2. The van der Waals surface area contributed by atoms with Crippen LogP contribution in [0.2, 0.25) is 5.02 Å². The number of halogens is 1. The molecule has 3 aromatic rings. The summed E-state index contributed by atoms with van der Waals surface area (Å²) in [4.78, 5) is 19.0. The number of aromatic nitrogens is 2. The average Bonchev–Trinajstić information content (AvgIpc) is 3.12. The summed E-state index contributed by atoms with van der Waals surface area (Å²) in [6, 6.07) is 14.8. The van der Waals surface area contributed by atoms with E-state index in [1.807, 2.05) is 35.5 Å². The van der Waals surface area contributed by atoms with Crippen LogP contribution in [0.5, 0.6) is 0 Å². The van der Waals surface area contributed by atoms with Gasteiger partial charge in [-0.3, -0.25) is 4.98 Å². The molecule has 2 aromatic heterocycles. The van der Waals surface area contributed by atoms with Gasteiger partial charge in [0.1, 0.15) is 6.04 Å². The standard InChI is InChI=1S/C19H17ClN4O/c20-15-5-7-16(8-6-15)22-19(25)24-12-11-23-10-2-4-17(23)18(24)14-3-1-9-21-13-14/h1-10,13,18H,11-12H2,(H,22,25). The molecule has 25 heavy (non-hydrogen) atoms. The molecule has 1 aromatic carbocycles. The molecule has 0 spiro atoms. The number of rotatable bonds is 2. The minimum Gasteiger partial charge on any atom is -0.348 e. The van der Waals surface area contributed by atoms with Gasteiger partial charge in [-0.15, -0.1) is 0 Å². The van der Waals surface area contributed by atoms with E-state index in [0.29, 0.717) is 11.6 Å². The average molecular weight is 353 g/mol. The topological polar surface area (TPSA) is 50.2 Å². The van der Waals surface area contributed by atoms with Crippen molar-refractivity contribution in [3.63, 3.8) is 0 Å². The van der Waals surface area contributed by atoms with Crippen molar-refractivity contribution in [2.75, 3.05) is 11.9 Å². The summed E-state index contributed by atoms with van der Waals surface area (Å²) >= 11 is 5.91. The van der Waals surface area contributed by atoms with E-state index in [-0.39, 0.29) is 12.1 Å². The fourth-order valence-corrected chi connectivity index (χ4v) is 3.35. The minimum absolute atomic E-state index is 0.136. The molecule has 0 aliphatic carbocycles. The van der Waals surface area contributed by atoms with Crippen molar-refractivity contribution in [3.05, 3.63) is 83.4 Å². The van der Waals surface area contributed by atoms with Crippen LogP contribution in [0, 0.1) is 0 Å². The Kier molecular flexibility index (Phi) is 4.15. The molecule has 4 rings (SSSR count). The van der Waals surface area contributed by atoms with Gasteiger partial charge in [-0.2, -0.15) is 0 Å². The Balaban J connectivity index is 1.65. The van der Waals surface area contributed by atoms with Gasteiger partial charge in [0.15, 0.2) is 0 Å². The first-order valence-electron chi connectivity index (χ1n) is 8.10. The predicted molar refractivity (Wildman–Crippen MR) is 97.7 cm³/mol. The number of nitrogens with zero attached hydrogens (tertiary/aromatic N) is 3. The largest absolute Gasteiger partial charge is 0.348 e. The molecular weight excluding hydrogens is 336 g/mol. The first-order chi connectivity index (χ1) is 12.2. The molecule has 1 atom stereocenters. The molecule has 0 saturated heterocycles. The van der Waals surface area contributed by atoms with E-state index in [2.05, 4.69) is 20.9 Å². The summed E-state index contributed by atoms with van der Waals surface area (Å²) in [5.74, 6) is 0. The highest BCUT2D eigenvalue weighted by Crippen LogP contribution is 2.32. The summed E-state index contributed by atoms with van der Waals surface area (Å²) in [5.41, 5.74) is 2.80. The number of carbonyl (C=O) groups excluding carboxylic acids is 1. The van der Waals surface area contributed by atoms with Gasteiger partial charge < -0.3 is 14.8 Å². The van der Waals surface area contributed by atoms with Crippen molar-refractivity contribution in [3.8, 4) is 0 Å². The van der Waals surface area contributed by atoms with Gasteiger partial charge >= 0.3 is 6.03 Å². The zero-order valence-electron chi connectivity index (χ0n) is 13.5. The second-order valence-corrected chi connectivity index (χ2v) is 6.38. The highest BCUT2D eigenvalue weighted by Gasteiger charge is 2.32. The van der Waals surface area contributed by atoms with Gasteiger partial charge in [0.25, 0.3) is 0 Å². The Hall–Kier alpha value is -2.79. The van der Waals surface area contributed by atoms with Crippen molar-refractivity contribution in [1.29, 1.82) is 0 Å². The van der Waals surface area contributed by atoms with Crippen LogP contribution in [0.4, 0.5) is 10.5 Å². The molecule has 0 saturated carbocycles. The summed E-state index contributed by atoms with van der Waals surface area (Å²) in [7, 11) is 0. The van der Waals surface area contributed by atoms with E-state index in [0.717, 1.165) is 23.5 Å². The van der Waals surface area contributed by atoms with Gasteiger partial charge in [-0.05, 0) is 48.0 Å². The Morgan fingerprint density at radius 1 is 1.12 bits per heavy atom. The Labute approximate surface area is 150 Å². The maximum atomic E-state index is 12.9. The number of benzene rings is 1. The number of pyridine rings is 1. The lowest BCUT2D eigenvalue weighted by molar-refractivity contribution is 0.181. The molecule has 1 aliphatic heterocycles. The molecule has 2 amide bonds. The van der Waals surface area contributed by atoms with Crippen LogP contribution in [0.25, 0.3) is 0 Å². The monoisotopic (exact) mass is 352 g/mol. The van der Waals surface area contributed by atoms with Crippen molar-refractivity contribution in [2.24, 2.45) is 0 Å². The van der Waals surface area contributed by atoms with Gasteiger partial charge in [-0.25, -0.2) is 4.79 Å². The van der Waals surface area contributed by atoms with Crippen LogP contribution in [-0.2, 0) is 6.54 Å². The lowest BCUT2D eigenvalue weighted by Gasteiger charge is -2.37. The quantitative estimate of drug-likeness (QED) is 0.752. The second kappa shape index (κ2) is 6.61. The molecule has 1 N–H and O–H groups in total. The highest BCUT2D eigenvalue weighted by atomic mass is 35.5. The maximum absolute atomic E-state index is 12.9. The van der Waals surface area contributed by atoms with E-state index >= 15 is 0 Å². The number of nitrogens with one attached hydrogen (secondary N) is 1. The SMILES string of the molecule is O=C(Nc1ccc(Cl)cc1)N1CCn2cccc2C1c1cccnc1. The highest BCUT2D eigenvalue weighted by molar-refractivity contribution is 6.30. The van der Waals surface area contributed by atoms with E-state index in [1.165, 1.54) is 0 Å². The summed E-state index contributed by atoms with van der Waals surface area (Å²) in [5, 5.41) is 3.60.